The molecular formula is C53H66FN7O9S. The third-order valence-electron chi connectivity index (χ3n) is 15.5. The number of sulfonamides is 1. The molecule has 3 atom stereocenters. The summed E-state index contributed by atoms with van der Waals surface area (Å²) in [6, 6.07) is 19.2. The van der Waals surface area contributed by atoms with Crippen LogP contribution < -0.4 is 24.4 Å². The van der Waals surface area contributed by atoms with E-state index in [4.69, 9.17) is 14.2 Å². The molecule has 4 N–H and O–H groups in total. The van der Waals surface area contributed by atoms with Gasteiger partial charge in [0.15, 0.2) is 5.75 Å². The first kappa shape index (κ1) is 50.1. The van der Waals surface area contributed by atoms with Crippen molar-refractivity contribution in [1.82, 2.24) is 19.6 Å². The Labute approximate surface area is 414 Å². The lowest BCUT2D eigenvalue weighted by Crippen LogP contribution is -2.63. The highest BCUT2D eigenvalue weighted by molar-refractivity contribution is 7.90. The summed E-state index contributed by atoms with van der Waals surface area (Å²) >= 11 is 0. The van der Waals surface area contributed by atoms with Crippen LogP contribution in [0.4, 0.5) is 21.5 Å². The monoisotopic (exact) mass is 995 g/mol. The van der Waals surface area contributed by atoms with Gasteiger partial charge in [-0.05, 0) is 124 Å². The zero-order valence-corrected chi connectivity index (χ0v) is 42.0. The van der Waals surface area contributed by atoms with Gasteiger partial charge in [-0.1, -0.05) is 44.5 Å². The summed E-state index contributed by atoms with van der Waals surface area (Å²) in [7, 11) is -3.15. The molecule has 71 heavy (non-hydrogen) atoms. The number of amides is 1. The van der Waals surface area contributed by atoms with Crippen molar-refractivity contribution in [2.24, 2.45) is 11.3 Å². The Morgan fingerprint density at radius 3 is 2.46 bits per heavy atom. The summed E-state index contributed by atoms with van der Waals surface area (Å²) in [5.74, 6) is -0.564. The van der Waals surface area contributed by atoms with E-state index in [0.717, 1.165) is 69.8 Å². The second-order valence-electron chi connectivity index (χ2n) is 20.9. The second-order valence-corrected chi connectivity index (χ2v) is 22.6. The number of methoxy groups -OCH3 is 1. The van der Waals surface area contributed by atoms with Gasteiger partial charge in [0, 0.05) is 76.0 Å². The number of nitro groups is 1. The van der Waals surface area contributed by atoms with E-state index in [-0.39, 0.29) is 63.7 Å². The van der Waals surface area contributed by atoms with E-state index in [1.165, 1.54) is 61.8 Å². The van der Waals surface area contributed by atoms with Crippen LogP contribution in [0.15, 0.2) is 77.8 Å². The largest absolute Gasteiger partial charge is 0.472 e. The number of likely N-dealkylation sites (tertiary alicyclic amines) is 1. The molecule has 2 aliphatic carbocycles. The van der Waals surface area contributed by atoms with Crippen LogP contribution in [0.5, 0.6) is 17.4 Å². The number of aromatic amines is 1. The van der Waals surface area contributed by atoms with E-state index in [1.807, 2.05) is 0 Å². The fourth-order valence-electron chi connectivity index (χ4n) is 11.2. The Bertz CT molecular complexity index is 2870. The number of carbonyl (C=O) groups excluding carboxylic acids is 1. The maximum Gasteiger partial charge on any atom is 0.293 e. The minimum Gasteiger partial charge on any atom is -0.472 e. The highest BCUT2D eigenvalue weighted by Gasteiger charge is 2.49. The second kappa shape index (κ2) is 20.4. The number of anilines is 2. The molecule has 0 radical (unpaired) electrons. The smallest absolute Gasteiger partial charge is 0.293 e. The summed E-state index contributed by atoms with van der Waals surface area (Å²) in [5.41, 5.74) is 2.84. The van der Waals surface area contributed by atoms with E-state index < -0.39 is 42.9 Å². The topological polar surface area (TPSA) is 201 Å². The van der Waals surface area contributed by atoms with Crippen molar-refractivity contribution in [3.05, 3.63) is 106 Å². The number of piperidine rings is 1. The normalized spacial score (nSPS) is 22.9. The van der Waals surface area contributed by atoms with Gasteiger partial charge >= 0.3 is 0 Å². The lowest BCUT2D eigenvalue weighted by molar-refractivity contribution is -0.384. The molecule has 380 valence electrons. The lowest BCUT2D eigenvalue weighted by Gasteiger charge is -2.57. The van der Waals surface area contributed by atoms with Crippen molar-refractivity contribution >= 4 is 44.0 Å². The molecule has 1 spiro atoms. The van der Waals surface area contributed by atoms with Gasteiger partial charge in [-0.25, -0.2) is 17.5 Å². The number of nitrogens with one attached hydrogen (secondary N) is 3. The quantitative estimate of drug-likeness (QED) is 0.0507. The van der Waals surface area contributed by atoms with Crippen molar-refractivity contribution < 1.29 is 41.8 Å². The SMILES string of the molecule is CO[C@@H](C)COc1nc2[nH]cc(F)c2cc1Oc1cc(N2CCC3(CC2)CN([C@@H]2CCC[C@@H]2c2ccccc2C(C)C)C3)ccc1C(=O)NS(=O)(=O)c1ccc(NCC2CCC(C)(O)CC2)c([N+](=O)[O-])c1. The van der Waals surface area contributed by atoms with Gasteiger partial charge in [-0.15, -0.1) is 0 Å². The first-order chi connectivity index (χ1) is 33.9. The average molecular weight is 996 g/mol. The molecule has 4 aliphatic rings. The fourth-order valence-corrected chi connectivity index (χ4v) is 12.2. The first-order valence-corrected chi connectivity index (χ1v) is 26.4. The molecule has 2 saturated heterocycles. The fraction of sp³-hybridized carbons (Fsp3) is 0.509. The van der Waals surface area contributed by atoms with Crippen LogP contribution in [0.25, 0.3) is 11.0 Å². The number of aliphatic hydroxyl groups is 1. The molecule has 4 heterocycles. The van der Waals surface area contributed by atoms with Gasteiger partial charge in [0.25, 0.3) is 27.5 Å². The Hall–Kier alpha value is -5.82. The summed E-state index contributed by atoms with van der Waals surface area (Å²) in [6.45, 7) is 12.2. The number of nitrogens with zero attached hydrogens (tertiary/aromatic N) is 4. The number of rotatable bonds is 17. The summed E-state index contributed by atoms with van der Waals surface area (Å²) in [6.07, 6.45) is 9.09. The number of nitro benzene ring substituents is 1. The van der Waals surface area contributed by atoms with Gasteiger partial charge in [0.1, 0.15) is 29.5 Å². The molecule has 1 amide bonds. The predicted octanol–water partition coefficient (Wildman–Crippen LogP) is 9.65. The number of aromatic nitrogens is 2. The van der Waals surface area contributed by atoms with Crippen molar-refractivity contribution in [2.45, 2.75) is 120 Å². The number of H-pyrrole nitrogens is 1. The molecule has 18 heteroatoms. The van der Waals surface area contributed by atoms with Crippen molar-refractivity contribution in [2.75, 3.05) is 56.7 Å². The number of hydrogen-bond acceptors (Lipinski definition) is 13. The number of benzene rings is 3. The van der Waals surface area contributed by atoms with Crippen LogP contribution in [-0.4, -0.2) is 103 Å². The number of hydrogen-bond donors (Lipinski definition) is 4. The molecule has 3 aromatic carbocycles. The van der Waals surface area contributed by atoms with E-state index in [1.54, 1.807) is 26.0 Å². The Morgan fingerprint density at radius 1 is 1.00 bits per heavy atom. The molecule has 5 aromatic rings. The average Bonchev–Trinajstić information content (AvgIpc) is 3.97. The molecule has 2 aliphatic heterocycles. The summed E-state index contributed by atoms with van der Waals surface area (Å²) < 4.78 is 62.9. The third-order valence-corrected chi connectivity index (χ3v) is 16.9. The van der Waals surface area contributed by atoms with Gasteiger partial charge in [0.05, 0.1) is 32.5 Å². The molecular weight excluding hydrogens is 930 g/mol. The van der Waals surface area contributed by atoms with E-state index in [9.17, 15) is 28.4 Å². The van der Waals surface area contributed by atoms with Gasteiger partial charge in [-0.2, -0.15) is 4.98 Å². The number of halogens is 1. The number of fused-ring (bicyclic) bond motifs is 1. The van der Waals surface area contributed by atoms with Crippen molar-refractivity contribution in [3.8, 4) is 17.4 Å². The number of carbonyl (C=O) groups is 1. The lowest BCUT2D eigenvalue weighted by atomic mass is 9.70. The Balaban J connectivity index is 0.951. The van der Waals surface area contributed by atoms with Crippen LogP contribution in [0.1, 0.15) is 119 Å². The van der Waals surface area contributed by atoms with E-state index in [0.29, 0.717) is 37.3 Å². The summed E-state index contributed by atoms with van der Waals surface area (Å²) in [5, 5.41) is 25.8. The van der Waals surface area contributed by atoms with Gasteiger partial charge in [-0.3, -0.25) is 19.8 Å². The van der Waals surface area contributed by atoms with Crippen LogP contribution >= 0.6 is 0 Å². The molecule has 2 saturated carbocycles. The third kappa shape index (κ3) is 10.9. The van der Waals surface area contributed by atoms with Gasteiger partial charge in [0.2, 0.25) is 0 Å². The highest BCUT2D eigenvalue weighted by Crippen LogP contribution is 2.49. The van der Waals surface area contributed by atoms with Crippen molar-refractivity contribution in [3.63, 3.8) is 0 Å². The maximum absolute atomic E-state index is 15.1. The Kier molecular flexibility index (Phi) is 14.4. The van der Waals surface area contributed by atoms with E-state index >= 15 is 4.39 Å². The standard InChI is InChI=1S/C53H66FN7O9S/c1-33(2)38-9-6-7-10-39(38)40-11-8-12-45(40)60-31-53(32-60)21-23-59(24-22-53)36-13-15-41(47(25-36)70-48-27-42-43(54)29-56-49(42)57-51(48)69-30-34(3)68-5)50(62)58-71(66,67)37-14-16-44(46(26-37)61(64)65)55-28-35-17-19-52(4,63)20-18-35/h6-7,9-10,13-16,25-27,29,33-35,40,45,55,63H,8,11-12,17-24,28,30-32H2,1-5H3,(H,56,57)(H,58,62)/t34-,35?,40+,45+,52?/m0/s1. The van der Waals surface area contributed by atoms with E-state index in [2.05, 4.69) is 67.9 Å². The van der Waals surface area contributed by atoms with Crippen LogP contribution in [0.3, 0.4) is 0 Å². The zero-order chi connectivity index (χ0) is 50.2. The number of pyridine rings is 1. The minimum absolute atomic E-state index is 0.0179. The molecule has 16 nitrogen and oxygen atoms in total. The Morgan fingerprint density at radius 2 is 1.75 bits per heavy atom. The van der Waals surface area contributed by atoms with Gasteiger partial charge < -0.3 is 34.5 Å². The number of ether oxygens (including phenoxy) is 3. The first-order valence-electron chi connectivity index (χ1n) is 25.0. The minimum atomic E-state index is -4.69. The predicted molar refractivity (Wildman–Crippen MR) is 270 cm³/mol. The summed E-state index contributed by atoms with van der Waals surface area (Å²) in [4.78, 5) is 37.6. The molecule has 4 fully saturated rings. The van der Waals surface area contributed by atoms with Crippen molar-refractivity contribution in [1.29, 1.82) is 0 Å². The zero-order valence-electron chi connectivity index (χ0n) is 41.2. The molecule has 2 aromatic heterocycles. The molecule has 0 bridgehead atoms. The van der Waals surface area contributed by atoms with Crippen LogP contribution in [0, 0.1) is 27.3 Å². The van der Waals surface area contributed by atoms with Crippen LogP contribution in [-0.2, 0) is 14.8 Å². The van der Waals surface area contributed by atoms with Crippen LogP contribution in [0.2, 0.25) is 0 Å². The molecule has 9 rings (SSSR count). The molecule has 0 unspecified atom stereocenters. The maximum atomic E-state index is 15.1. The highest BCUT2D eigenvalue weighted by atomic mass is 32.2.